The maximum Gasteiger partial charge on any atom is 0.405 e. The van der Waals surface area contributed by atoms with Crippen LogP contribution in [0.2, 0.25) is 0 Å². The lowest BCUT2D eigenvalue weighted by Gasteiger charge is -2.08. The molecule has 0 spiro atoms. The molecule has 11 heavy (non-hydrogen) atoms. The number of halogens is 4. The average Bonchev–Trinajstić information content (AvgIpc) is 1.80. The first-order valence-corrected chi connectivity index (χ1v) is 3.25. The molecule has 1 N–H and O–H groups in total. The number of carbonyl (C=O) groups excluding carboxylic acids is 1. The molecule has 0 rings (SSSR count). The van der Waals surface area contributed by atoms with Crippen LogP contribution in [0.1, 0.15) is 6.92 Å². The summed E-state index contributed by atoms with van der Waals surface area (Å²) in [6, 6.07) is 0. The van der Waals surface area contributed by atoms with Gasteiger partial charge < -0.3 is 5.32 Å². The normalized spacial score (nSPS) is 14.3. The van der Waals surface area contributed by atoms with Crippen molar-refractivity contribution in [3.8, 4) is 0 Å². The van der Waals surface area contributed by atoms with Gasteiger partial charge in [-0.2, -0.15) is 13.2 Å². The Bertz CT molecular complexity index is 145. The van der Waals surface area contributed by atoms with E-state index in [9.17, 15) is 18.0 Å². The minimum Gasteiger partial charge on any atom is -0.346 e. The van der Waals surface area contributed by atoms with Gasteiger partial charge in [0.15, 0.2) is 0 Å². The number of hydrogen-bond donors (Lipinski definition) is 1. The fourth-order valence-electron chi connectivity index (χ4n) is 0.328. The van der Waals surface area contributed by atoms with E-state index in [4.69, 9.17) is 11.6 Å². The molecule has 1 atom stereocenters. The van der Waals surface area contributed by atoms with Crippen molar-refractivity contribution in [2.75, 3.05) is 6.54 Å². The van der Waals surface area contributed by atoms with Gasteiger partial charge in [0.1, 0.15) is 11.9 Å². The van der Waals surface area contributed by atoms with E-state index >= 15 is 0 Å². The van der Waals surface area contributed by atoms with Crippen molar-refractivity contribution in [3.05, 3.63) is 0 Å². The van der Waals surface area contributed by atoms with Crippen molar-refractivity contribution in [3.63, 3.8) is 0 Å². The smallest absolute Gasteiger partial charge is 0.346 e. The highest BCUT2D eigenvalue weighted by Crippen LogP contribution is 2.12. The molecule has 0 heterocycles. The van der Waals surface area contributed by atoms with Gasteiger partial charge in [-0.3, -0.25) is 4.79 Å². The van der Waals surface area contributed by atoms with Crippen molar-refractivity contribution in [1.29, 1.82) is 0 Å². The molecule has 1 amide bonds. The van der Waals surface area contributed by atoms with Gasteiger partial charge >= 0.3 is 6.18 Å². The summed E-state index contributed by atoms with van der Waals surface area (Å²) < 4.78 is 34.3. The van der Waals surface area contributed by atoms with Crippen molar-refractivity contribution in [2.45, 2.75) is 18.5 Å². The Morgan fingerprint density at radius 2 is 2.09 bits per heavy atom. The summed E-state index contributed by atoms with van der Waals surface area (Å²) in [6.07, 6.45) is -4.37. The molecule has 0 saturated heterocycles. The molecule has 0 bridgehead atoms. The molecule has 0 aromatic carbocycles. The lowest BCUT2D eigenvalue weighted by Crippen LogP contribution is -2.37. The predicted octanol–water partition coefficient (Wildman–Crippen LogP) is 1.29. The van der Waals surface area contributed by atoms with Crippen LogP contribution in [0.15, 0.2) is 0 Å². The van der Waals surface area contributed by atoms with Gasteiger partial charge in [0.2, 0.25) is 5.91 Å². The molecule has 0 saturated carbocycles. The molecule has 0 aliphatic heterocycles. The Balaban J connectivity index is 3.64. The second kappa shape index (κ2) is 3.80. The minimum atomic E-state index is -4.37. The minimum absolute atomic E-state index is 0.816. The van der Waals surface area contributed by atoms with Gasteiger partial charge in [-0.25, -0.2) is 0 Å². The molecule has 0 fully saturated rings. The van der Waals surface area contributed by atoms with Crippen LogP contribution in [0.3, 0.4) is 0 Å². The fraction of sp³-hybridized carbons (Fsp3) is 0.800. The molecule has 0 aromatic rings. The van der Waals surface area contributed by atoms with Gasteiger partial charge in [0, 0.05) is 0 Å². The number of hydrogen-bond acceptors (Lipinski definition) is 1. The first-order chi connectivity index (χ1) is 4.83. The van der Waals surface area contributed by atoms with Gasteiger partial charge in [-0.1, -0.05) is 0 Å². The number of nitrogens with one attached hydrogen (secondary N) is 1. The Kier molecular flexibility index (Phi) is 3.65. The van der Waals surface area contributed by atoms with Crippen LogP contribution >= 0.6 is 11.6 Å². The second-order valence-electron chi connectivity index (χ2n) is 1.95. The van der Waals surface area contributed by atoms with Gasteiger partial charge in [0.05, 0.1) is 0 Å². The molecular formula is C5H7ClF3NO. The van der Waals surface area contributed by atoms with Crippen molar-refractivity contribution in [2.24, 2.45) is 0 Å². The molecule has 0 aliphatic carbocycles. The lowest BCUT2D eigenvalue weighted by molar-refractivity contribution is -0.138. The largest absolute Gasteiger partial charge is 0.405 e. The molecule has 0 radical (unpaired) electrons. The zero-order chi connectivity index (χ0) is 9.07. The molecule has 2 nitrogen and oxygen atoms in total. The molecule has 66 valence electrons. The van der Waals surface area contributed by atoms with Crippen LogP contribution in [0.5, 0.6) is 0 Å². The zero-order valence-corrected chi connectivity index (χ0v) is 6.46. The average molecular weight is 190 g/mol. The van der Waals surface area contributed by atoms with E-state index in [1.165, 1.54) is 6.92 Å². The van der Waals surface area contributed by atoms with Crippen LogP contribution in [0, 0.1) is 0 Å². The molecule has 0 aromatic heterocycles. The third kappa shape index (κ3) is 5.97. The van der Waals surface area contributed by atoms with Crippen molar-refractivity contribution >= 4 is 17.5 Å². The summed E-state index contributed by atoms with van der Waals surface area (Å²) >= 11 is 5.18. The Morgan fingerprint density at radius 1 is 1.64 bits per heavy atom. The molecule has 1 unspecified atom stereocenters. The summed E-state index contributed by atoms with van der Waals surface area (Å²) in [5, 5.41) is 0.693. The van der Waals surface area contributed by atoms with Gasteiger partial charge in [-0.05, 0) is 6.92 Å². The van der Waals surface area contributed by atoms with Gasteiger partial charge in [-0.15, -0.1) is 11.6 Å². The van der Waals surface area contributed by atoms with Crippen LogP contribution in [-0.4, -0.2) is 24.0 Å². The van der Waals surface area contributed by atoms with E-state index < -0.39 is 24.0 Å². The number of rotatable bonds is 2. The highest BCUT2D eigenvalue weighted by Gasteiger charge is 2.28. The highest BCUT2D eigenvalue weighted by atomic mass is 35.5. The maximum atomic E-state index is 11.4. The Hall–Kier alpha value is -0.450. The topological polar surface area (TPSA) is 29.1 Å². The Labute approximate surface area is 66.7 Å². The summed E-state index contributed by atoms with van der Waals surface area (Å²) in [7, 11) is 0. The van der Waals surface area contributed by atoms with Crippen LogP contribution < -0.4 is 5.32 Å². The molecular weight excluding hydrogens is 183 g/mol. The van der Waals surface area contributed by atoms with E-state index in [-0.39, 0.29) is 0 Å². The summed E-state index contributed by atoms with van der Waals surface area (Å²) in [5.41, 5.74) is 0. The van der Waals surface area contributed by atoms with Crippen molar-refractivity contribution in [1.82, 2.24) is 5.32 Å². The zero-order valence-electron chi connectivity index (χ0n) is 5.70. The third-order valence-corrected chi connectivity index (χ3v) is 1.02. The highest BCUT2D eigenvalue weighted by molar-refractivity contribution is 6.30. The SMILES string of the molecule is CC(Cl)C(=O)NCC(F)(F)F. The van der Waals surface area contributed by atoms with Crippen LogP contribution in [0.25, 0.3) is 0 Å². The van der Waals surface area contributed by atoms with E-state index in [2.05, 4.69) is 0 Å². The maximum absolute atomic E-state index is 11.4. The lowest BCUT2D eigenvalue weighted by atomic mass is 10.4. The van der Waals surface area contributed by atoms with E-state index in [0.717, 1.165) is 0 Å². The van der Waals surface area contributed by atoms with Gasteiger partial charge in [0.25, 0.3) is 0 Å². The summed E-state index contributed by atoms with van der Waals surface area (Å²) in [4.78, 5) is 10.4. The van der Waals surface area contributed by atoms with E-state index in [1.54, 1.807) is 5.32 Å². The summed E-state index contributed by atoms with van der Waals surface area (Å²) in [6.45, 7) is -0.0316. The van der Waals surface area contributed by atoms with E-state index in [0.29, 0.717) is 0 Å². The van der Waals surface area contributed by atoms with Crippen LogP contribution in [0.4, 0.5) is 13.2 Å². The molecule has 6 heteroatoms. The first kappa shape index (κ1) is 10.6. The standard InChI is InChI=1S/C5H7ClF3NO/c1-3(6)4(11)10-2-5(7,8)9/h3H,2H2,1H3,(H,10,11). The predicted molar refractivity (Wildman–Crippen MR) is 34.4 cm³/mol. The Morgan fingerprint density at radius 3 is 2.36 bits per heavy atom. The quantitative estimate of drug-likeness (QED) is 0.652. The van der Waals surface area contributed by atoms with E-state index in [1.807, 2.05) is 0 Å². The van der Waals surface area contributed by atoms with Crippen LogP contribution in [-0.2, 0) is 4.79 Å². The first-order valence-electron chi connectivity index (χ1n) is 2.81. The van der Waals surface area contributed by atoms with Crippen molar-refractivity contribution < 1.29 is 18.0 Å². The molecule has 0 aliphatic rings. The number of carbonyl (C=O) groups is 1. The summed E-state index contributed by atoms with van der Waals surface area (Å²) in [5.74, 6) is -0.816. The second-order valence-corrected chi connectivity index (χ2v) is 2.60. The number of amides is 1. The monoisotopic (exact) mass is 189 g/mol. The number of alkyl halides is 4. The third-order valence-electron chi connectivity index (χ3n) is 0.824. The fourth-order valence-corrected chi connectivity index (χ4v) is 0.405.